The number of rotatable bonds is 3. The predicted octanol–water partition coefficient (Wildman–Crippen LogP) is 0.767. The number of nitrogens with zero attached hydrogens (tertiary/aromatic N) is 4. The van der Waals surface area contributed by atoms with Gasteiger partial charge in [0.1, 0.15) is 0 Å². The molecule has 0 spiro atoms. The highest BCUT2D eigenvalue weighted by Gasteiger charge is 2.26. The van der Waals surface area contributed by atoms with Crippen molar-refractivity contribution >= 4 is 22.6 Å². The zero-order valence-electron chi connectivity index (χ0n) is 8.17. The maximum absolute atomic E-state index is 10.7. The smallest absolute Gasteiger partial charge is 0.305 e. The van der Waals surface area contributed by atoms with Crippen LogP contribution >= 0.6 is 11.5 Å². The second-order valence-electron chi connectivity index (χ2n) is 3.59. The number of piperidine rings is 1. The van der Waals surface area contributed by atoms with Gasteiger partial charge in [0.2, 0.25) is 5.13 Å². The highest BCUT2D eigenvalue weighted by molar-refractivity contribution is 7.09. The van der Waals surface area contributed by atoms with E-state index in [0.29, 0.717) is 0 Å². The third kappa shape index (κ3) is 2.41. The van der Waals surface area contributed by atoms with Crippen molar-refractivity contribution in [1.29, 1.82) is 0 Å². The van der Waals surface area contributed by atoms with Crippen molar-refractivity contribution in [1.82, 2.24) is 14.8 Å². The molecular weight excluding hydrogens is 216 g/mol. The van der Waals surface area contributed by atoms with E-state index in [2.05, 4.69) is 14.8 Å². The molecule has 2 heterocycles. The molecule has 1 aromatic heterocycles. The van der Waals surface area contributed by atoms with Crippen molar-refractivity contribution in [2.75, 3.05) is 11.4 Å². The Morgan fingerprint density at radius 1 is 1.60 bits per heavy atom. The van der Waals surface area contributed by atoms with Gasteiger partial charge >= 0.3 is 5.97 Å². The Hall–Kier alpha value is -1.24. The molecule has 0 bridgehead atoms. The molecule has 0 radical (unpaired) electrons. The van der Waals surface area contributed by atoms with Crippen molar-refractivity contribution in [2.45, 2.75) is 31.7 Å². The van der Waals surface area contributed by atoms with Crippen LogP contribution in [0.1, 0.15) is 25.7 Å². The fraction of sp³-hybridized carbons (Fsp3) is 0.750. The van der Waals surface area contributed by atoms with Gasteiger partial charge in [-0.15, -0.1) is 0 Å². The number of carbonyl (C=O) groups is 1. The van der Waals surface area contributed by atoms with E-state index in [4.69, 9.17) is 5.11 Å². The fourth-order valence-corrected chi connectivity index (χ4v) is 2.47. The number of hydrogen-bond acceptors (Lipinski definition) is 6. The lowest BCUT2D eigenvalue weighted by Gasteiger charge is -2.33. The molecule has 0 amide bonds. The van der Waals surface area contributed by atoms with E-state index in [-0.39, 0.29) is 12.5 Å². The van der Waals surface area contributed by atoms with E-state index in [1.54, 1.807) is 0 Å². The number of anilines is 1. The van der Waals surface area contributed by atoms with Crippen LogP contribution in [0.2, 0.25) is 0 Å². The van der Waals surface area contributed by atoms with Crippen LogP contribution in [0, 0.1) is 0 Å². The summed E-state index contributed by atoms with van der Waals surface area (Å²) in [4.78, 5) is 12.7. The van der Waals surface area contributed by atoms with Gasteiger partial charge in [0, 0.05) is 24.1 Å². The van der Waals surface area contributed by atoms with Crippen molar-refractivity contribution < 1.29 is 9.90 Å². The van der Waals surface area contributed by atoms with Gasteiger partial charge in [0.15, 0.2) is 0 Å². The minimum atomic E-state index is -0.760. The van der Waals surface area contributed by atoms with Crippen LogP contribution in [-0.2, 0) is 4.79 Å². The predicted molar refractivity (Wildman–Crippen MR) is 54.9 cm³/mol. The van der Waals surface area contributed by atoms with Crippen LogP contribution in [0.4, 0.5) is 5.13 Å². The second-order valence-corrected chi connectivity index (χ2v) is 4.30. The monoisotopic (exact) mass is 228 g/mol. The van der Waals surface area contributed by atoms with E-state index >= 15 is 0 Å². The largest absolute Gasteiger partial charge is 0.481 e. The normalized spacial score (nSPS) is 21.6. The molecule has 1 atom stereocenters. The van der Waals surface area contributed by atoms with Gasteiger partial charge < -0.3 is 10.0 Å². The highest BCUT2D eigenvalue weighted by Crippen LogP contribution is 2.26. The maximum Gasteiger partial charge on any atom is 0.305 e. The van der Waals surface area contributed by atoms with Crippen LogP contribution in [0.5, 0.6) is 0 Å². The van der Waals surface area contributed by atoms with Gasteiger partial charge in [0.05, 0.1) is 6.42 Å². The first-order valence-corrected chi connectivity index (χ1v) is 5.68. The molecule has 82 valence electrons. The van der Waals surface area contributed by atoms with Crippen molar-refractivity contribution in [2.24, 2.45) is 0 Å². The summed E-state index contributed by atoms with van der Waals surface area (Å²) in [6, 6.07) is 0.0472. The molecule has 1 aliphatic heterocycles. The highest BCUT2D eigenvalue weighted by atomic mass is 32.1. The van der Waals surface area contributed by atoms with E-state index < -0.39 is 5.97 Å². The molecule has 0 aromatic carbocycles. The second kappa shape index (κ2) is 4.52. The molecule has 1 fully saturated rings. The number of hydrogen-bond donors (Lipinski definition) is 1. The molecule has 1 unspecified atom stereocenters. The molecule has 6 nitrogen and oxygen atoms in total. The molecule has 0 saturated carbocycles. The first-order chi connectivity index (χ1) is 7.27. The Morgan fingerprint density at radius 2 is 2.47 bits per heavy atom. The lowest BCUT2D eigenvalue weighted by Crippen LogP contribution is -2.40. The zero-order valence-corrected chi connectivity index (χ0v) is 8.98. The summed E-state index contributed by atoms with van der Waals surface area (Å²) in [6.07, 6.45) is 3.24. The SMILES string of the molecule is O=C(O)CC1CCCCN1c1nnns1. The third-order valence-corrected chi connectivity index (χ3v) is 3.21. The minimum absolute atomic E-state index is 0.0472. The van der Waals surface area contributed by atoms with Crippen molar-refractivity contribution in [3.8, 4) is 0 Å². The van der Waals surface area contributed by atoms with Gasteiger partial charge in [-0.05, 0) is 24.5 Å². The Labute approximate surface area is 91.1 Å². The molecule has 1 aromatic rings. The first-order valence-electron chi connectivity index (χ1n) is 4.91. The lowest BCUT2D eigenvalue weighted by molar-refractivity contribution is -0.137. The molecule has 2 rings (SSSR count). The summed E-state index contributed by atoms with van der Waals surface area (Å²) < 4.78 is 3.70. The van der Waals surface area contributed by atoms with Crippen molar-refractivity contribution in [3.05, 3.63) is 0 Å². The van der Waals surface area contributed by atoms with Gasteiger partial charge in [0.25, 0.3) is 0 Å². The summed E-state index contributed by atoms with van der Waals surface area (Å²) in [6.45, 7) is 0.856. The number of carboxylic acid groups (broad SMARTS) is 1. The summed E-state index contributed by atoms with van der Waals surface area (Å²) in [5, 5.41) is 17.0. The van der Waals surface area contributed by atoms with E-state index in [0.717, 1.165) is 30.9 Å². The van der Waals surface area contributed by atoms with Gasteiger partial charge in [-0.3, -0.25) is 4.79 Å². The Balaban J connectivity index is 2.09. The average Bonchev–Trinajstić information content (AvgIpc) is 2.70. The quantitative estimate of drug-likeness (QED) is 0.823. The number of aromatic nitrogens is 3. The lowest BCUT2D eigenvalue weighted by atomic mass is 10.0. The van der Waals surface area contributed by atoms with Gasteiger partial charge in [-0.1, -0.05) is 9.59 Å². The summed E-state index contributed by atoms with van der Waals surface area (Å²) in [5.74, 6) is -0.760. The van der Waals surface area contributed by atoms with Crippen LogP contribution < -0.4 is 4.90 Å². The van der Waals surface area contributed by atoms with Crippen LogP contribution in [-0.4, -0.2) is 38.5 Å². The topological polar surface area (TPSA) is 79.2 Å². The number of carboxylic acids is 1. The molecule has 1 N–H and O–H groups in total. The zero-order chi connectivity index (χ0) is 10.7. The molecule has 1 saturated heterocycles. The van der Waals surface area contributed by atoms with Crippen LogP contribution in [0.15, 0.2) is 0 Å². The van der Waals surface area contributed by atoms with Crippen molar-refractivity contribution in [3.63, 3.8) is 0 Å². The van der Waals surface area contributed by atoms with Gasteiger partial charge in [-0.25, -0.2) is 0 Å². The summed E-state index contributed by atoms with van der Waals surface area (Å²) in [7, 11) is 0. The first kappa shape index (κ1) is 10.3. The van der Waals surface area contributed by atoms with Crippen LogP contribution in [0.3, 0.4) is 0 Å². The average molecular weight is 228 g/mol. The molecule has 0 aliphatic carbocycles. The standard InChI is InChI=1S/C8H12N4O2S/c13-7(14)5-6-3-1-2-4-12(6)8-9-10-11-15-8/h6H,1-5H2,(H,13,14). The molecule has 7 heteroatoms. The van der Waals surface area contributed by atoms with E-state index in [9.17, 15) is 4.79 Å². The Bertz CT molecular complexity index is 329. The Kier molecular flexibility index (Phi) is 3.10. The van der Waals surface area contributed by atoms with E-state index in [1.807, 2.05) is 4.90 Å². The van der Waals surface area contributed by atoms with Crippen LogP contribution in [0.25, 0.3) is 0 Å². The van der Waals surface area contributed by atoms with Gasteiger partial charge in [-0.2, -0.15) is 0 Å². The number of aliphatic carboxylic acids is 1. The Morgan fingerprint density at radius 3 is 3.13 bits per heavy atom. The minimum Gasteiger partial charge on any atom is -0.481 e. The van der Waals surface area contributed by atoms with E-state index in [1.165, 1.54) is 11.5 Å². The summed E-state index contributed by atoms with van der Waals surface area (Å²) in [5.41, 5.74) is 0. The molecule has 1 aliphatic rings. The molecular formula is C8H12N4O2S. The third-order valence-electron chi connectivity index (χ3n) is 2.57. The summed E-state index contributed by atoms with van der Waals surface area (Å²) >= 11 is 1.22. The molecule has 15 heavy (non-hydrogen) atoms. The fourth-order valence-electron chi connectivity index (χ4n) is 1.91. The maximum atomic E-state index is 10.7.